The molecular weight excluding hydrogens is 219 g/mol. The molecule has 2 N–H and O–H groups in total. The van der Waals surface area contributed by atoms with Crippen LogP contribution in [0.4, 0.5) is 10.1 Å². The van der Waals surface area contributed by atoms with Crippen LogP contribution in [0, 0.1) is 12.7 Å². The van der Waals surface area contributed by atoms with E-state index in [2.05, 4.69) is 4.98 Å². The summed E-state index contributed by atoms with van der Waals surface area (Å²) >= 11 is 0. The first-order chi connectivity index (χ1) is 8.11. The average molecular weight is 232 g/mol. The quantitative estimate of drug-likeness (QED) is 0.866. The van der Waals surface area contributed by atoms with Gasteiger partial charge in [0, 0.05) is 17.3 Å². The molecule has 2 aromatic rings. The molecule has 88 valence electrons. The van der Waals surface area contributed by atoms with Gasteiger partial charge in [-0.25, -0.2) is 4.39 Å². The summed E-state index contributed by atoms with van der Waals surface area (Å²) in [5, 5.41) is 0. The van der Waals surface area contributed by atoms with Gasteiger partial charge < -0.3 is 10.5 Å². The second-order valence-electron chi connectivity index (χ2n) is 3.74. The number of hydrogen-bond donors (Lipinski definition) is 1. The SMILES string of the molecule is COc1ccc(F)c(-c2cnc(C)c(N)c2)c1. The molecule has 0 bridgehead atoms. The van der Waals surface area contributed by atoms with Gasteiger partial charge in [0.25, 0.3) is 0 Å². The number of nitrogens with two attached hydrogens (primary N) is 1. The van der Waals surface area contributed by atoms with E-state index in [1.807, 2.05) is 0 Å². The number of aromatic nitrogens is 1. The summed E-state index contributed by atoms with van der Waals surface area (Å²) in [5.74, 6) is 0.274. The van der Waals surface area contributed by atoms with Gasteiger partial charge in [0.1, 0.15) is 11.6 Å². The van der Waals surface area contributed by atoms with E-state index >= 15 is 0 Å². The fourth-order valence-corrected chi connectivity index (χ4v) is 1.55. The van der Waals surface area contributed by atoms with E-state index in [1.54, 1.807) is 38.4 Å². The number of nitrogens with zero attached hydrogens (tertiary/aromatic N) is 1. The van der Waals surface area contributed by atoms with Crippen LogP contribution in [-0.2, 0) is 0 Å². The summed E-state index contributed by atoms with van der Waals surface area (Å²) in [4.78, 5) is 4.12. The molecule has 0 aliphatic heterocycles. The summed E-state index contributed by atoms with van der Waals surface area (Å²) in [6, 6.07) is 6.27. The van der Waals surface area contributed by atoms with E-state index in [-0.39, 0.29) is 5.82 Å². The number of ether oxygens (including phenoxy) is 1. The first-order valence-corrected chi connectivity index (χ1v) is 5.18. The maximum absolute atomic E-state index is 13.7. The highest BCUT2D eigenvalue weighted by molar-refractivity contribution is 5.68. The minimum absolute atomic E-state index is 0.323. The summed E-state index contributed by atoms with van der Waals surface area (Å²) in [7, 11) is 1.54. The van der Waals surface area contributed by atoms with Crippen LogP contribution in [0.5, 0.6) is 5.75 Å². The molecule has 2 rings (SSSR count). The molecule has 0 saturated carbocycles. The van der Waals surface area contributed by atoms with Crippen LogP contribution in [0.15, 0.2) is 30.5 Å². The molecule has 0 saturated heterocycles. The van der Waals surface area contributed by atoms with Crippen molar-refractivity contribution in [2.75, 3.05) is 12.8 Å². The lowest BCUT2D eigenvalue weighted by Crippen LogP contribution is -1.95. The second kappa shape index (κ2) is 4.41. The molecule has 3 nitrogen and oxygen atoms in total. The number of pyridine rings is 1. The number of nitrogen functional groups attached to an aromatic ring is 1. The minimum atomic E-state index is -0.323. The van der Waals surface area contributed by atoms with Gasteiger partial charge >= 0.3 is 0 Å². The fourth-order valence-electron chi connectivity index (χ4n) is 1.55. The number of methoxy groups -OCH3 is 1. The van der Waals surface area contributed by atoms with Gasteiger partial charge in [0.15, 0.2) is 0 Å². The smallest absolute Gasteiger partial charge is 0.131 e. The molecule has 0 aliphatic rings. The number of benzene rings is 1. The minimum Gasteiger partial charge on any atom is -0.497 e. The third-order valence-electron chi connectivity index (χ3n) is 2.61. The highest BCUT2D eigenvalue weighted by Gasteiger charge is 2.08. The zero-order chi connectivity index (χ0) is 12.4. The fraction of sp³-hybridized carbons (Fsp3) is 0.154. The van der Waals surface area contributed by atoms with Gasteiger partial charge in [0.05, 0.1) is 18.5 Å². The maximum atomic E-state index is 13.7. The van der Waals surface area contributed by atoms with Crippen molar-refractivity contribution in [2.24, 2.45) is 0 Å². The van der Waals surface area contributed by atoms with Crippen LogP contribution >= 0.6 is 0 Å². The second-order valence-corrected chi connectivity index (χ2v) is 3.74. The van der Waals surface area contributed by atoms with E-state index in [4.69, 9.17) is 10.5 Å². The molecule has 1 aromatic carbocycles. The van der Waals surface area contributed by atoms with E-state index in [0.717, 1.165) is 5.69 Å². The maximum Gasteiger partial charge on any atom is 0.131 e. The number of halogens is 1. The summed E-state index contributed by atoms with van der Waals surface area (Å²) in [6.07, 6.45) is 1.60. The van der Waals surface area contributed by atoms with Crippen molar-refractivity contribution in [3.8, 4) is 16.9 Å². The topological polar surface area (TPSA) is 48.1 Å². The molecule has 0 aliphatic carbocycles. The van der Waals surface area contributed by atoms with Crippen LogP contribution in [0.25, 0.3) is 11.1 Å². The molecule has 0 atom stereocenters. The molecule has 0 amide bonds. The molecular formula is C13H13FN2O. The summed E-state index contributed by atoms with van der Waals surface area (Å²) in [5.41, 5.74) is 8.12. The molecule has 0 radical (unpaired) electrons. The van der Waals surface area contributed by atoms with Crippen LogP contribution in [0.1, 0.15) is 5.69 Å². The van der Waals surface area contributed by atoms with Crippen molar-refractivity contribution in [2.45, 2.75) is 6.92 Å². The summed E-state index contributed by atoms with van der Waals surface area (Å²) < 4.78 is 18.8. The summed E-state index contributed by atoms with van der Waals surface area (Å²) in [6.45, 7) is 1.81. The zero-order valence-electron chi connectivity index (χ0n) is 9.70. The van der Waals surface area contributed by atoms with E-state index in [1.165, 1.54) is 6.07 Å². The van der Waals surface area contributed by atoms with Gasteiger partial charge in [-0.05, 0) is 31.2 Å². The number of hydrogen-bond acceptors (Lipinski definition) is 3. The number of anilines is 1. The predicted molar refractivity (Wildman–Crippen MR) is 65.3 cm³/mol. The van der Waals surface area contributed by atoms with Crippen molar-refractivity contribution < 1.29 is 9.13 Å². The van der Waals surface area contributed by atoms with Gasteiger partial charge in [-0.1, -0.05) is 0 Å². The van der Waals surface area contributed by atoms with Crippen molar-refractivity contribution in [3.63, 3.8) is 0 Å². The molecule has 4 heteroatoms. The Morgan fingerprint density at radius 3 is 2.71 bits per heavy atom. The van der Waals surface area contributed by atoms with Crippen molar-refractivity contribution >= 4 is 5.69 Å². The highest BCUT2D eigenvalue weighted by atomic mass is 19.1. The highest BCUT2D eigenvalue weighted by Crippen LogP contribution is 2.28. The number of aryl methyl sites for hydroxylation is 1. The lowest BCUT2D eigenvalue weighted by molar-refractivity contribution is 0.414. The molecule has 1 heterocycles. The average Bonchev–Trinajstić information content (AvgIpc) is 2.33. The molecule has 1 aromatic heterocycles. The van der Waals surface area contributed by atoms with Gasteiger partial charge in [-0.15, -0.1) is 0 Å². The van der Waals surface area contributed by atoms with E-state index < -0.39 is 0 Å². The third kappa shape index (κ3) is 2.20. The first-order valence-electron chi connectivity index (χ1n) is 5.18. The largest absolute Gasteiger partial charge is 0.497 e. The van der Waals surface area contributed by atoms with Crippen LogP contribution in [-0.4, -0.2) is 12.1 Å². The monoisotopic (exact) mass is 232 g/mol. The Balaban J connectivity index is 2.55. The van der Waals surface area contributed by atoms with E-state index in [9.17, 15) is 4.39 Å². The van der Waals surface area contributed by atoms with Crippen molar-refractivity contribution in [1.29, 1.82) is 0 Å². The van der Waals surface area contributed by atoms with Crippen LogP contribution in [0.3, 0.4) is 0 Å². The first kappa shape index (κ1) is 11.4. The lowest BCUT2D eigenvalue weighted by atomic mass is 10.1. The molecule has 0 fully saturated rings. The Morgan fingerprint density at radius 2 is 2.06 bits per heavy atom. The van der Waals surface area contributed by atoms with Crippen LogP contribution < -0.4 is 10.5 Å². The normalized spacial score (nSPS) is 10.3. The lowest BCUT2D eigenvalue weighted by Gasteiger charge is -2.07. The van der Waals surface area contributed by atoms with Gasteiger partial charge in [0.2, 0.25) is 0 Å². The Labute approximate surface area is 99.1 Å². The third-order valence-corrected chi connectivity index (χ3v) is 2.61. The van der Waals surface area contributed by atoms with Crippen molar-refractivity contribution in [1.82, 2.24) is 4.98 Å². The Morgan fingerprint density at radius 1 is 1.29 bits per heavy atom. The van der Waals surface area contributed by atoms with E-state index in [0.29, 0.717) is 22.6 Å². The number of rotatable bonds is 2. The standard InChI is InChI=1S/C13H13FN2O/c1-8-13(15)5-9(7-16-8)11-6-10(17-2)3-4-12(11)14/h3-7H,15H2,1-2H3. The molecule has 0 unspecified atom stereocenters. The zero-order valence-corrected chi connectivity index (χ0v) is 9.70. The van der Waals surface area contributed by atoms with Crippen molar-refractivity contribution in [3.05, 3.63) is 42.0 Å². The Bertz CT molecular complexity index is 555. The van der Waals surface area contributed by atoms with Gasteiger partial charge in [-0.2, -0.15) is 0 Å². The van der Waals surface area contributed by atoms with Gasteiger partial charge in [-0.3, -0.25) is 4.98 Å². The molecule has 0 spiro atoms. The Hall–Kier alpha value is -2.10. The van der Waals surface area contributed by atoms with Crippen LogP contribution in [0.2, 0.25) is 0 Å². The Kier molecular flexibility index (Phi) is 2.95. The predicted octanol–water partition coefficient (Wildman–Crippen LogP) is 2.79. The molecule has 17 heavy (non-hydrogen) atoms.